The molecule has 3 aromatic rings. The Morgan fingerprint density at radius 1 is 0.742 bits per heavy atom. The number of piperazine rings is 1. The zero-order valence-electron chi connectivity index (χ0n) is 17.1. The van der Waals surface area contributed by atoms with Crippen LogP contribution in [0.25, 0.3) is 10.6 Å². The molecule has 7 nitrogen and oxygen atoms in total. The molecule has 160 valence electrons. The molecule has 0 amide bonds. The van der Waals surface area contributed by atoms with E-state index < -0.39 is 0 Å². The quantitative estimate of drug-likeness (QED) is 0.605. The highest BCUT2D eigenvalue weighted by atomic mass is 32.1. The Balaban J connectivity index is 1.04. The summed E-state index contributed by atoms with van der Waals surface area (Å²) < 4.78 is 21.8. The molecule has 31 heavy (non-hydrogen) atoms. The minimum atomic E-state index is 0.294. The molecule has 0 saturated carbocycles. The molecule has 0 spiro atoms. The maximum atomic E-state index is 5.50. The molecule has 0 N–H and O–H groups in total. The zero-order chi connectivity index (χ0) is 20.6. The van der Waals surface area contributed by atoms with Crippen LogP contribution in [-0.4, -0.2) is 54.5 Å². The molecule has 0 unspecified atom stereocenters. The minimum absolute atomic E-state index is 0.294. The van der Waals surface area contributed by atoms with Crippen LogP contribution in [-0.2, 0) is 13.1 Å². The van der Waals surface area contributed by atoms with Gasteiger partial charge < -0.3 is 18.9 Å². The van der Waals surface area contributed by atoms with Gasteiger partial charge in [0.15, 0.2) is 23.0 Å². The lowest BCUT2D eigenvalue weighted by Crippen LogP contribution is -2.45. The normalized spacial score (nSPS) is 17.9. The van der Waals surface area contributed by atoms with Gasteiger partial charge in [0.05, 0.1) is 5.69 Å². The number of hydrogen-bond donors (Lipinski definition) is 0. The van der Waals surface area contributed by atoms with E-state index in [-0.39, 0.29) is 0 Å². The van der Waals surface area contributed by atoms with Crippen LogP contribution in [0.1, 0.15) is 11.3 Å². The first-order chi connectivity index (χ1) is 15.3. The fraction of sp³-hybridized carbons (Fsp3) is 0.348. The fourth-order valence-electron chi connectivity index (χ4n) is 4.17. The van der Waals surface area contributed by atoms with E-state index in [1.54, 1.807) is 11.3 Å². The van der Waals surface area contributed by atoms with Gasteiger partial charge >= 0.3 is 0 Å². The van der Waals surface area contributed by atoms with Crippen molar-refractivity contribution in [3.63, 3.8) is 0 Å². The highest BCUT2D eigenvalue weighted by Gasteiger charge is 2.20. The lowest BCUT2D eigenvalue weighted by molar-refractivity contribution is 0.121. The van der Waals surface area contributed by atoms with E-state index in [9.17, 15) is 0 Å². The van der Waals surface area contributed by atoms with Crippen molar-refractivity contribution in [1.82, 2.24) is 14.8 Å². The molecule has 0 atom stereocenters. The smallest absolute Gasteiger partial charge is 0.231 e. The molecule has 0 radical (unpaired) electrons. The Hall–Kier alpha value is -2.81. The van der Waals surface area contributed by atoms with Crippen molar-refractivity contribution in [1.29, 1.82) is 0 Å². The molecule has 1 fully saturated rings. The highest BCUT2D eigenvalue weighted by molar-refractivity contribution is 7.13. The van der Waals surface area contributed by atoms with E-state index in [0.29, 0.717) is 13.6 Å². The molecule has 0 aliphatic carbocycles. The maximum absolute atomic E-state index is 5.50. The molecule has 1 aromatic heterocycles. The number of fused-ring (bicyclic) bond motifs is 2. The Bertz CT molecular complexity index is 1090. The van der Waals surface area contributed by atoms with Crippen molar-refractivity contribution < 1.29 is 18.9 Å². The number of hydrogen-bond acceptors (Lipinski definition) is 8. The summed E-state index contributed by atoms with van der Waals surface area (Å²) in [7, 11) is 0. The van der Waals surface area contributed by atoms with Crippen LogP contribution in [0.4, 0.5) is 0 Å². The topological polar surface area (TPSA) is 56.3 Å². The van der Waals surface area contributed by atoms with Crippen LogP contribution in [0.2, 0.25) is 0 Å². The second kappa shape index (κ2) is 8.03. The van der Waals surface area contributed by atoms with Gasteiger partial charge in [-0.15, -0.1) is 11.3 Å². The minimum Gasteiger partial charge on any atom is -0.454 e. The fourth-order valence-corrected chi connectivity index (χ4v) is 4.98. The van der Waals surface area contributed by atoms with Crippen molar-refractivity contribution in [2.75, 3.05) is 39.8 Å². The lowest BCUT2D eigenvalue weighted by Gasteiger charge is -2.34. The molecule has 3 aliphatic heterocycles. The SMILES string of the molecule is c1cc2c(cc1CN1CCN(Cc3csc(-c4ccc5c(c4)OCO5)n3)CC1)OCO2. The van der Waals surface area contributed by atoms with Crippen LogP contribution in [0.3, 0.4) is 0 Å². The van der Waals surface area contributed by atoms with Crippen LogP contribution in [0.5, 0.6) is 23.0 Å². The zero-order valence-corrected chi connectivity index (χ0v) is 17.9. The summed E-state index contributed by atoms with van der Waals surface area (Å²) in [5.74, 6) is 3.31. The van der Waals surface area contributed by atoms with Crippen molar-refractivity contribution in [2.45, 2.75) is 13.1 Å². The molecule has 2 aromatic carbocycles. The Morgan fingerprint density at radius 2 is 1.39 bits per heavy atom. The highest BCUT2D eigenvalue weighted by Crippen LogP contribution is 2.37. The van der Waals surface area contributed by atoms with Gasteiger partial charge in [0.25, 0.3) is 0 Å². The molecular weight excluding hydrogens is 414 g/mol. The van der Waals surface area contributed by atoms with Gasteiger partial charge in [-0.2, -0.15) is 0 Å². The largest absolute Gasteiger partial charge is 0.454 e. The van der Waals surface area contributed by atoms with Gasteiger partial charge in [0.2, 0.25) is 13.6 Å². The van der Waals surface area contributed by atoms with Gasteiger partial charge in [0, 0.05) is 50.2 Å². The Labute approximate surface area is 184 Å². The third-order valence-electron chi connectivity index (χ3n) is 5.86. The summed E-state index contributed by atoms with van der Waals surface area (Å²) in [6.07, 6.45) is 0. The third kappa shape index (κ3) is 3.94. The number of rotatable bonds is 5. The van der Waals surface area contributed by atoms with Crippen LogP contribution >= 0.6 is 11.3 Å². The summed E-state index contributed by atoms with van der Waals surface area (Å²) in [5.41, 5.74) is 3.47. The Morgan fingerprint density at radius 3 is 2.16 bits per heavy atom. The molecular formula is C23H23N3O4S. The number of aromatic nitrogens is 1. The number of ether oxygens (including phenoxy) is 4. The van der Waals surface area contributed by atoms with E-state index in [4.69, 9.17) is 23.9 Å². The number of thiazole rings is 1. The monoisotopic (exact) mass is 437 g/mol. The summed E-state index contributed by atoms with van der Waals surface area (Å²) in [5, 5.41) is 3.19. The first-order valence-corrected chi connectivity index (χ1v) is 11.4. The molecule has 1 saturated heterocycles. The average Bonchev–Trinajstić information content (AvgIpc) is 3.55. The van der Waals surface area contributed by atoms with Crippen molar-refractivity contribution in [3.05, 3.63) is 53.0 Å². The third-order valence-corrected chi connectivity index (χ3v) is 6.81. The van der Waals surface area contributed by atoms with E-state index in [0.717, 1.165) is 78.5 Å². The molecule has 3 aliphatic rings. The molecule has 8 heteroatoms. The average molecular weight is 438 g/mol. The van der Waals surface area contributed by atoms with Crippen molar-refractivity contribution in [3.8, 4) is 33.6 Å². The van der Waals surface area contributed by atoms with Crippen LogP contribution < -0.4 is 18.9 Å². The molecule has 4 heterocycles. The molecule has 6 rings (SSSR count). The van der Waals surface area contributed by atoms with E-state index in [1.165, 1.54) is 5.56 Å². The summed E-state index contributed by atoms with van der Waals surface area (Å²) in [6.45, 7) is 6.63. The predicted molar refractivity (Wildman–Crippen MR) is 117 cm³/mol. The van der Waals surface area contributed by atoms with Gasteiger partial charge in [0.1, 0.15) is 5.01 Å². The summed E-state index contributed by atoms with van der Waals surface area (Å²) >= 11 is 1.68. The van der Waals surface area contributed by atoms with E-state index in [1.807, 2.05) is 24.3 Å². The number of nitrogens with zero attached hydrogens (tertiary/aromatic N) is 3. The van der Waals surface area contributed by atoms with Crippen molar-refractivity contribution in [2.24, 2.45) is 0 Å². The van der Waals surface area contributed by atoms with Gasteiger partial charge in [-0.3, -0.25) is 9.80 Å². The maximum Gasteiger partial charge on any atom is 0.231 e. The second-order valence-electron chi connectivity index (χ2n) is 7.95. The Kier molecular flexibility index (Phi) is 4.90. The molecule has 0 bridgehead atoms. The first kappa shape index (κ1) is 18.9. The van der Waals surface area contributed by atoms with Crippen molar-refractivity contribution >= 4 is 11.3 Å². The van der Waals surface area contributed by atoms with Crippen LogP contribution in [0, 0.1) is 0 Å². The summed E-state index contributed by atoms with van der Waals surface area (Å²) in [6, 6.07) is 12.3. The van der Waals surface area contributed by atoms with Gasteiger partial charge in [-0.1, -0.05) is 6.07 Å². The van der Waals surface area contributed by atoms with E-state index in [2.05, 4.69) is 27.3 Å². The predicted octanol–water partition coefficient (Wildman–Crippen LogP) is 3.59. The first-order valence-electron chi connectivity index (χ1n) is 10.5. The van der Waals surface area contributed by atoms with Crippen LogP contribution in [0.15, 0.2) is 41.8 Å². The standard InChI is InChI=1S/C23H23N3O4S/c1-3-19-21(29-14-27-19)9-16(1)11-25-5-7-26(8-6-25)12-18-13-31-23(24-18)17-2-4-20-22(10-17)30-15-28-20/h1-4,9-10,13H,5-8,11-12,14-15H2. The van der Waals surface area contributed by atoms with E-state index >= 15 is 0 Å². The number of benzene rings is 2. The second-order valence-corrected chi connectivity index (χ2v) is 8.81. The van der Waals surface area contributed by atoms with Gasteiger partial charge in [-0.25, -0.2) is 4.98 Å². The summed E-state index contributed by atoms with van der Waals surface area (Å²) in [4.78, 5) is 9.84. The van der Waals surface area contributed by atoms with Gasteiger partial charge in [-0.05, 0) is 35.9 Å². The lowest BCUT2D eigenvalue weighted by atomic mass is 10.1.